The van der Waals surface area contributed by atoms with Crippen molar-refractivity contribution >= 4 is 17.3 Å². The molecule has 0 aliphatic heterocycles. The molecule has 2 aromatic heterocycles. The summed E-state index contributed by atoms with van der Waals surface area (Å²) < 4.78 is 1.60. The van der Waals surface area contributed by atoms with Crippen LogP contribution in [0, 0.1) is 20.8 Å². The Balaban J connectivity index is 2.07. The van der Waals surface area contributed by atoms with Gasteiger partial charge in [-0.3, -0.25) is 14.5 Å². The van der Waals surface area contributed by atoms with Gasteiger partial charge < -0.3 is 11.1 Å². The number of nitrogen functional groups attached to an aromatic ring is 1. The lowest BCUT2D eigenvalue weighted by Gasteiger charge is -2.07. The predicted molar refractivity (Wildman–Crippen MR) is 73.7 cm³/mol. The normalized spacial score (nSPS) is 10.5. The molecular formula is C13H17N5O. The number of anilines is 2. The fourth-order valence-electron chi connectivity index (χ4n) is 1.82. The van der Waals surface area contributed by atoms with E-state index < -0.39 is 0 Å². The molecule has 1 amide bonds. The first-order chi connectivity index (χ1) is 8.97. The molecule has 0 aliphatic rings. The summed E-state index contributed by atoms with van der Waals surface area (Å²) in [7, 11) is 0. The summed E-state index contributed by atoms with van der Waals surface area (Å²) in [5.74, 6) is -0.155. The zero-order chi connectivity index (χ0) is 14.0. The highest BCUT2D eigenvalue weighted by Crippen LogP contribution is 2.15. The molecule has 0 saturated carbocycles. The van der Waals surface area contributed by atoms with Crippen molar-refractivity contribution in [2.24, 2.45) is 0 Å². The number of hydrogen-bond acceptors (Lipinski definition) is 4. The molecule has 2 heterocycles. The van der Waals surface area contributed by atoms with E-state index >= 15 is 0 Å². The Labute approximate surface area is 111 Å². The maximum absolute atomic E-state index is 11.9. The fourth-order valence-corrected chi connectivity index (χ4v) is 1.82. The third-order valence-electron chi connectivity index (χ3n) is 2.89. The van der Waals surface area contributed by atoms with Crippen molar-refractivity contribution in [3.05, 3.63) is 35.4 Å². The van der Waals surface area contributed by atoms with Gasteiger partial charge in [0.25, 0.3) is 0 Å². The van der Waals surface area contributed by atoms with Crippen molar-refractivity contribution in [2.75, 3.05) is 11.1 Å². The van der Waals surface area contributed by atoms with E-state index in [9.17, 15) is 4.79 Å². The van der Waals surface area contributed by atoms with Crippen LogP contribution in [0.1, 0.15) is 17.0 Å². The number of amides is 1. The second-order valence-corrected chi connectivity index (χ2v) is 4.54. The van der Waals surface area contributed by atoms with E-state index in [0.29, 0.717) is 11.4 Å². The molecule has 2 aromatic rings. The highest BCUT2D eigenvalue weighted by Gasteiger charge is 2.11. The van der Waals surface area contributed by atoms with E-state index in [1.807, 2.05) is 26.8 Å². The molecular weight excluding hydrogens is 242 g/mol. The van der Waals surface area contributed by atoms with Crippen molar-refractivity contribution in [1.82, 2.24) is 14.8 Å². The van der Waals surface area contributed by atoms with E-state index in [1.165, 1.54) is 0 Å². The number of carbonyl (C=O) groups is 1. The van der Waals surface area contributed by atoms with Crippen molar-refractivity contribution in [1.29, 1.82) is 0 Å². The highest BCUT2D eigenvalue weighted by atomic mass is 16.2. The van der Waals surface area contributed by atoms with Crippen molar-refractivity contribution in [2.45, 2.75) is 27.3 Å². The van der Waals surface area contributed by atoms with Gasteiger partial charge in [-0.15, -0.1) is 0 Å². The lowest BCUT2D eigenvalue weighted by atomic mass is 10.3. The van der Waals surface area contributed by atoms with Crippen molar-refractivity contribution in [3.63, 3.8) is 0 Å². The van der Waals surface area contributed by atoms with Crippen LogP contribution in [0.15, 0.2) is 18.5 Å². The number of nitrogens with two attached hydrogens (primary N) is 1. The number of hydrogen-bond donors (Lipinski definition) is 2. The van der Waals surface area contributed by atoms with Crippen LogP contribution in [0.5, 0.6) is 0 Å². The Bertz CT molecular complexity index is 617. The first-order valence-corrected chi connectivity index (χ1v) is 5.98. The third kappa shape index (κ3) is 2.90. The summed E-state index contributed by atoms with van der Waals surface area (Å²) in [5.41, 5.74) is 9.67. The van der Waals surface area contributed by atoms with Gasteiger partial charge in [-0.05, 0) is 32.4 Å². The van der Waals surface area contributed by atoms with Crippen molar-refractivity contribution in [3.8, 4) is 0 Å². The molecule has 0 radical (unpaired) electrons. The molecule has 3 N–H and O–H groups in total. The Kier molecular flexibility index (Phi) is 3.50. The van der Waals surface area contributed by atoms with Crippen LogP contribution in [0.2, 0.25) is 0 Å². The summed E-state index contributed by atoms with van der Waals surface area (Å²) in [4.78, 5) is 15.9. The highest BCUT2D eigenvalue weighted by molar-refractivity contribution is 5.90. The number of carbonyl (C=O) groups excluding carboxylic acids is 1. The van der Waals surface area contributed by atoms with Crippen molar-refractivity contribution < 1.29 is 4.79 Å². The van der Waals surface area contributed by atoms with E-state index in [0.717, 1.165) is 17.0 Å². The Morgan fingerprint density at radius 3 is 2.68 bits per heavy atom. The van der Waals surface area contributed by atoms with E-state index in [-0.39, 0.29) is 12.5 Å². The second kappa shape index (κ2) is 5.09. The maximum atomic E-state index is 11.9. The Morgan fingerprint density at radius 1 is 1.37 bits per heavy atom. The third-order valence-corrected chi connectivity index (χ3v) is 2.89. The van der Waals surface area contributed by atoms with Crippen LogP contribution in [0.3, 0.4) is 0 Å². The van der Waals surface area contributed by atoms with Gasteiger partial charge >= 0.3 is 0 Å². The predicted octanol–water partition coefficient (Wildman–Crippen LogP) is 1.42. The molecule has 0 aliphatic carbocycles. The van der Waals surface area contributed by atoms with Gasteiger partial charge in [0.05, 0.1) is 29.0 Å². The number of aryl methyl sites for hydroxylation is 2. The lowest BCUT2D eigenvalue weighted by Crippen LogP contribution is -2.20. The van der Waals surface area contributed by atoms with Crippen LogP contribution >= 0.6 is 0 Å². The fraction of sp³-hybridized carbons (Fsp3) is 0.308. The minimum Gasteiger partial charge on any atom is -0.396 e. The van der Waals surface area contributed by atoms with E-state index in [1.54, 1.807) is 17.1 Å². The summed E-state index contributed by atoms with van der Waals surface area (Å²) in [5, 5.41) is 7.01. The smallest absolute Gasteiger partial charge is 0.246 e. The minimum absolute atomic E-state index is 0.137. The summed E-state index contributed by atoms with van der Waals surface area (Å²) in [6.45, 7) is 5.72. The molecule has 19 heavy (non-hydrogen) atoms. The van der Waals surface area contributed by atoms with E-state index in [4.69, 9.17) is 5.73 Å². The number of nitrogens with one attached hydrogen (secondary N) is 1. The largest absolute Gasteiger partial charge is 0.396 e. The van der Waals surface area contributed by atoms with Gasteiger partial charge in [0.2, 0.25) is 5.91 Å². The molecule has 0 fully saturated rings. The average molecular weight is 259 g/mol. The number of nitrogens with zero attached hydrogens (tertiary/aromatic N) is 3. The topological polar surface area (TPSA) is 85.8 Å². The standard InChI is InChI=1S/C13H17N5O/c1-8-4-11(6-15-5-8)16-12(19)7-18-10(3)13(14)9(2)17-18/h4-6H,7,14H2,1-3H3,(H,16,19). The summed E-state index contributed by atoms with van der Waals surface area (Å²) >= 11 is 0. The van der Waals surface area contributed by atoms with Gasteiger partial charge in [-0.1, -0.05) is 0 Å². The monoisotopic (exact) mass is 259 g/mol. The van der Waals surface area contributed by atoms with Crippen LogP contribution < -0.4 is 11.1 Å². The maximum Gasteiger partial charge on any atom is 0.246 e. The zero-order valence-corrected chi connectivity index (χ0v) is 11.3. The van der Waals surface area contributed by atoms with Gasteiger partial charge in [-0.25, -0.2) is 0 Å². The first-order valence-electron chi connectivity index (χ1n) is 5.98. The van der Waals surface area contributed by atoms with Crippen LogP contribution in [0.4, 0.5) is 11.4 Å². The molecule has 0 atom stereocenters. The Hall–Kier alpha value is -2.37. The van der Waals surface area contributed by atoms with Gasteiger partial charge in [0.15, 0.2) is 0 Å². The van der Waals surface area contributed by atoms with Gasteiger partial charge in [0, 0.05) is 6.20 Å². The molecule has 0 aromatic carbocycles. The van der Waals surface area contributed by atoms with Gasteiger partial charge in [0.1, 0.15) is 6.54 Å². The second-order valence-electron chi connectivity index (χ2n) is 4.54. The molecule has 2 rings (SSSR count). The summed E-state index contributed by atoms with van der Waals surface area (Å²) in [6, 6.07) is 1.86. The molecule has 0 spiro atoms. The molecule has 100 valence electrons. The SMILES string of the molecule is Cc1cncc(NC(=O)Cn2nc(C)c(N)c2C)c1. The van der Waals surface area contributed by atoms with Crippen LogP contribution in [-0.2, 0) is 11.3 Å². The zero-order valence-electron chi connectivity index (χ0n) is 11.3. The van der Waals surface area contributed by atoms with Gasteiger partial charge in [-0.2, -0.15) is 5.10 Å². The molecule has 6 heteroatoms. The van der Waals surface area contributed by atoms with E-state index in [2.05, 4.69) is 15.4 Å². The number of pyridine rings is 1. The quantitative estimate of drug-likeness (QED) is 0.873. The number of aromatic nitrogens is 3. The number of rotatable bonds is 3. The Morgan fingerprint density at radius 2 is 2.11 bits per heavy atom. The lowest BCUT2D eigenvalue weighted by molar-refractivity contribution is -0.116. The molecule has 0 bridgehead atoms. The van der Waals surface area contributed by atoms with Crippen LogP contribution in [-0.4, -0.2) is 20.7 Å². The minimum atomic E-state index is -0.155. The molecule has 0 saturated heterocycles. The average Bonchev–Trinajstić information content (AvgIpc) is 2.57. The summed E-state index contributed by atoms with van der Waals surface area (Å²) in [6.07, 6.45) is 3.35. The molecule has 6 nitrogen and oxygen atoms in total. The van der Waals surface area contributed by atoms with Crippen LogP contribution in [0.25, 0.3) is 0 Å². The molecule has 0 unspecified atom stereocenters. The first kappa shape index (κ1) is 13.1.